The second kappa shape index (κ2) is 7.68. The number of ether oxygens (including phenoxy) is 1. The number of benzene rings is 1. The number of allylic oxidation sites excluding steroid dienone is 2. The molecule has 0 fully saturated rings. The number of anilines is 1. The molecule has 1 aliphatic heterocycles. The molecule has 0 saturated heterocycles. The number of methoxy groups -OCH3 is 1. The predicted molar refractivity (Wildman–Crippen MR) is 99.3 cm³/mol. The number of nitrogens with one attached hydrogen (secondary N) is 1. The summed E-state index contributed by atoms with van der Waals surface area (Å²) in [6, 6.07) is 7.75. The molecule has 0 radical (unpaired) electrons. The van der Waals surface area contributed by atoms with E-state index in [4.69, 9.17) is 10.5 Å². The summed E-state index contributed by atoms with van der Waals surface area (Å²) in [7, 11) is 1.63. The van der Waals surface area contributed by atoms with Crippen molar-refractivity contribution in [2.24, 2.45) is 0 Å². The zero-order valence-electron chi connectivity index (χ0n) is 14.7. The number of nitrogen functional groups attached to an aromatic ring is 1. The van der Waals surface area contributed by atoms with Crippen molar-refractivity contribution in [2.45, 2.75) is 39.0 Å². The normalized spacial score (nSPS) is 19.1. The molecule has 4 N–H and O–H groups in total. The van der Waals surface area contributed by atoms with Crippen LogP contribution in [0.5, 0.6) is 5.88 Å². The van der Waals surface area contributed by atoms with Crippen molar-refractivity contribution in [2.75, 3.05) is 12.8 Å². The number of rotatable bonds is 1. The number of aromatic nitrogens is 1. The molecular formula is C20H25N3O2. The van der Waals surface area contributed by atoms with Gasteiger partial charge in [0.15, 0.2) is 0 Å². The molecule has 0 aliphatic carbocycles. The number of aliphatic hydroxyl groups excluding tert-OH is 1. The van der Waals surface area contributed by atoms with Crippen molar-refractivity contribution in [1.82, 2.24) is 10.3 Å². The standard InChI is InChI=1S/C20H25N3O2/c1-13-11-14-7-4-3-5-8-15-16(9-6-10-18(15)21)19(24)22-12-17(14)20(23-13)25-2/h3,5-6,9-11,19,22,24H,4,7-8,12,21H2,1-2H3/b5-3+. The Balaban J connectivity index is 2.00. The third-order valence-corrected chi connectivity index (χ3v) is 4.58. The van der Waals surface area contributed by atoms with Crippen molar-refractivity contribution < 1.29 is 9.84 Å². The third kappa shape index (κ3) is 3.83. The van der Waals surface area contributed by atoms with E-state index in [1.54, 1.807) is 7.11 Å². The Morgan fingerprint density at radius 3 is 2.92 bits per heavy atom. The Morgan fingerprint density at radius 1 is 1.28 bits per heavy atom. The zero-order valence-corrected chi connectivity index (χ0v) is 14.7. The Kier molecular flexibility index (Phi) is 5.36. The lowest BCUT2D eigenvalue weighted by Gasteiger charge is -2.21. The molecule has 25 heavy (non-hydrogen) atoms. The van der Waals surface area contributed by atoms with E-state index in [1.807, 2.05) is 25.1 Å². The van der Waals surface area contributed by atoms with Gasteiger partial charge in [0.1, 0.15) is 6.23 Å². The highest BCUT2D eigenvalue weighted by Crippen LogP contribution is 2.27. The molecule has 1 aliphatic rings. The van der Waals surface area contributed by atoms with Gasteiger partial charge in [-0.05, 0) is 49.4 Å². The number of hydrogen-bond donors (Lipinski definition) is 3. The maximum atomic E-state index is 10.7. The van der Waals surface area contributed by atoms with Crippen LogP contribution >= 0.6 is 0 Å². The number of pyridine rings is 1. The van der Waals surface area contributed by atoms with Crippen LogP contribution in [0.4, 0.5) is 5.69 Å². The van der Waals surface area contributed by atoms with Crippen LogP contribution in [0.2, 0.25) is 0 Å². The second-order valence-electron chi connectivity index (χ2n) is 6.32. The molecule has 0 amide bonds. The summed E-state index contributed by atoms with van der Waals surface area (Å²) in [5.74, 6) is 0.614. The van der Waals surface area contributed by atoms with Crippen LogP contribution in [0.25, 0.3) is 0 Å². The monoisotopic (exact) mass is 339 g/mol. The summed E-state index contributed by atoms with van der Waals surface area (Å²) in [6.07, 6.45) is 6.04. The first-order valence-corrected chi connectivity index (χ1v) is 8.57. The van der Waals surface area contributed by atoms with Gasteiger partial charge in [0.2, 0.25) is 5.88 Å². The fourth-order valence-corrected chi connectivity index (χ4v) is 3.30. The van der Waals surface area contributed by atoms with Gasteiger partial charge in [0.05, 0.1) is 7.11 Å². The quantitative estimate of drug-likeness (QED) is 0.550. The van der Waals surface area contributed by atoms with E-state index in [1.165, 1.54) is 5.56 Å². The molecular weight excluding hydrogens is 314 g/mol. The van der Waals surface area contributed by atoms with Gasteiger partial charge in [0, 0.05) is 29.1 Å². The maximum absolute atomic E-state index is 10.7. The summed E-state index contributed by atoms with van der Waals surface area (Å²) in [5, 5.41) is 13.9. The summed E-state index contributed by atoms with van der Waals surface area (Å²) in [5.41, 5.74) is 11.7. The Bertz CT molecular complexity index is 787. The molecule has 0 spiro atoms. The highest BCUT2D eigenvalue weighted by molar-refractivity contribution is 5.52. The minimum absolute atomic E-state index is 0.477. The van der Waals surface area contributed by atoms with Crippen LogP contribution in [0.1, 0.15) is 40.6 Å². The predicted octanol–water partition coefficient (Wildman–Crippen LogP) is 2.81. The highest BCUT2D eigenvalue weighted by Gasteiger charge is 2.17. The number of nitrogens with two attached hydrogens (primary N) is 1. The molecule has 2 heterocycles. The fourth-order valence-electron chi connectivity index (χ4n) is 3.30. The van der Waals surface area contributed by atoms with E-state index in [2.05, 4.69) is 28.5 Å². The lowest BCUT2D eigenvalue weighted by Crippen LogP contribution is -2.23. The first-order valence-electron chi connectivity index (χ1n) is 8.57. The Morgan fingerprint density at radius 2 is 2.12 bits per heavy atom. The van der Waals surface area contributed by atoms with Crippen molar-refractivity contribution in [3.63, 3.8) is 0 Å². The van der Waals surface area contributed by atoms with Crippen molar-refractivity contribution in [3.05, 3.63) is 64.4 Å². The summed E-state index contributed by atoms with van der Waals surface area (Å²) in [4.78, 5) is 4.47. The van der Waals surface area contributed by atoms with Crippen LogP contribution in [-0.2, 0) is 19.4 Å². The molecule has 0 bridgehead atoms. The topological polar surface area (TPSA) is 80.4 Å². The molecule has 1 aromatic heterocycles. The van der Waals surface area contributed by atoms with Crippen LogP contribution in [-0.4, -0.2) is 17.2 Å². The number of nitrogens with zero attached hydrogens (tertiary/aromatic N) is 1. The van der Waals surface area contributed by atoms with Crippen LogP contribution in [0.15, 0.2) is 36.4 Å². The average Bonchev–Trinajstić information content (AvgIpc) is 2.59. The molecule has 132 valence electrons. The van der Waals surface area contributed by atoms with E-state index in [-0.39, 0.29) is 0 Å². The van der Waals surface area contributed by atoms with E-state index >= 15 is 0 Å². The largest absolute Gasteiger partial charge is 0.481 e. The summed E-state index contributed by atoms with van der Waals surface area (Å²) < 4.78 is 5.47. The molecule has 3 rings (SSSR count). The van der Waals surface area contributed by atoms with Gasteiger partial charge in [-0.3, -0.25) is 5.32 Å². The van der Waals surface area contributed by atoms with Gasteiger partial charge in [-0.2, -0.15) is 0 Å². The number of fused-ring (bicyclic) bond motifs is 2. The van der Waals surface area contributed by atoms with Gasteiger partial charge in [0.25, 0.3) is 0 Å². The lowest BCUT2D eigenvalue weighted by atomic mass is 9.98. The minimum atomic E-state index is -0.801. The first-order chi connectivity index (χ1) is 12.1. The molecule has 0 saturated carbocycles. The molecule has 5 heteroatoms. The third-order valence-electron chi connectivity index (χ3n) is 4.58. The Hall–Kier alpha value is -2.37. The van der Waals surface area contributed by atoms with Crippen molar-refractivity contribution >= 4 is 5.69 Å². The number of aliphatic hydroxyl groups is 1. The van der Waals surface area contributed by atoms with Crippen LogP contribution in [0, 0.1) is 6.92 Å². The number of hydrogen-bond acceptors (Lipinski definition) is 5. The number of aryl methyl sites for hydroxylation is 2. The van der Waals surface area contributed by atoms with Gasteiger partial charge >= 0.3 is 0 Å². The second-order valence-corrected chi connectivity index (χ2v) is 6.32. The molecule has 1 aromatic carbocycles. The van der Waals surface area contributed by atoms with Gasteiger partial charge in [-0.1, -0.05) is 24.3 Å². The zero-order chi connectivity index (χ0) is 17.8. The molecule has 1 atom stereocenters. The lowest BCUT2D eigenvalue weighted by molar-refractivity contribution is 0.136. The van der Waals surface area contributed by atoms with E-state index in [0.717, 1.165) is 35.2 Å². The maximum Gasteiger partial charge on any atom is 0.218 e. The van der Waals surface area contributed by atoms with Gasteiger partial charge in [-0.15, -0.1) is 0 Å². The minimum Gasteiger partial charge on any atom is -0.481 e. The SMILES string of the molecule is COc1nc(C)cc2c1CNC(O)c1cccc(N)c1C/C=C/CC2. The first kappa shape index (κ1) is 17.5. The van der Waals surface area contributed by atoms with Crippen LogP contribution < -0.4 is 15.8 Å². The fraction of sp³-hybridized carbons (Fsp3) is 0.350. The highest BCUT2D eigenvalue weighted by atomic mass is 16.5. The summed E-state index contributed by atoms with van der Waals surface area (Å²) >= 11 is 0. The van der Waals surface area contributed by atoms with E-state index in [0.29, 0.717) is 24.5 Å². The molecule has 1 unspecified atom stereocenters. The Labute approximate surface area is 148 Å². The molecule has 2 aromatic rings. The van der Waals surface area contributed by atoms with E-state index < -0.39 is 6.23 Å². The van der Waals surface area contributed by atoms with Gasteiger partial charge in [-0.25, -0.2) is 4.98 Å². The van der Waals surface area contributed by atoms with Gasteiger partial charge < -0.3 is 15.6 Å². The van der Waals surface area contributed by atoms with Crippen LogP contribution in [0.3, 0.4) is 0 Å². The summed E-state index contributed by atoms with van der Waals surface area (Å²) in [6.45, 7) is 2.45. The van der Waals surface area contributed by atoms with Crippen molar-refractivity contribution in [3.8, 4) is 5.88 Å². The molecule has 5 nitrogen and oxygen atoms in total. The van der Waals surface area contributed by atoms with Crippen molar-refractivity contribution in [1.29, 1.82) is 0 Å². The average molecular weight is 339 g/mol. The smallest absolute Gasteiger partial charge is 0.218 e. The van der Waals surface area contributed by atoms with E-state index in [9.17, 15) is 5.11 Å².